The standard InChI is InChI=1S/C19H25N3O2/c1-10(2)8-13-16(19(13,4)5)17(23)20-11(3)12-6-7-14-15(9-12)22-18(24)21-14/h6-9,11,13,16H,1-5H3,(H,20,23)(H2,21,22,24)/t11-,13+,16-/m0/s1. The van der Waals surface area contributed by atoms with Crippen molar-refractivity contribution < 1.29 is 4.79 Å². The summed E-state index contributed by atoms with van der Waals surface area (Å²) in [4.78, 5) is 29.5. The van der Waals surface area contributed by atoms with Gasteiger partial charge in [-0.05, 0) is 49.8 Å². The summed E-state index contributed by atoms with van der Waals surface area (Å²) in [6.07, 6.45) is 2.20. The zero-order valence-corrected chi connectivity index (χ0v) is 14.9. The van der Waals surface area contributed by atoms with Crippen molar-refractivity contribution >= 4 is 16.9 Å². The van der Waals surface area contributed by atoms with Crippen LogP contribution in [0.3, 0.4) is 0 Å². The molecular formula is C19H25N3O2. The molecular weight excluding hydrogens is 302 g/mol. The number of H-pyrrole nitrogens is 2. The van der Waals surface area contributed by atoms with E-state index >= 15 is 0 Å². The Morgan fingerprint density at radius 2 is 1.92 bits per heavy atom. The summed E-state index contributed by atoms with van der Waals surface area (Å²) in [6, 6.07) is 5.59. The third kappa shape index (κ3) is 2.90. The number of hydrogen-bond donors (Lipinski definition) is 3. The van der Waals surface area contributed by atoms with Gasteiger partial charge in [0.05, 0.1) is 23.0 Å². The molecule has 1 saturated carbocycles. The summed E-state index contributed by atoms with van der Waals surface area (Å²) in [5.74, 6) is 0.418. The van der Waals surface area contributed by atoms with Crippen LogP contribution >= 0.6 is 0 Å². The number of benzene rings is 1. The highest BCUT2D eigenvalue weighted by atomic mass is 16.2. The van der Waals surface area contributed by atoms with Crippen LogP contribution in [-0.2, 0) is 4.79 Å². The number of fused-ring (bicyclic) bond motifs is 1. The molecule has 0 bridgehead atoms. The Bertz CT molecular complexity index is 868. The second-order valence-corrected chi connectivity index (χ2v) is 7.68. The van der Waals surface area contributed by atoms with Crippen molar-refractivity contribution in [3.8, 4) is 0 Å². The predicted molar refractivity (Wildman–Crippen MR) is 95.7 cm³/mol. The zero-order chi connectivity index (χ0) is 17.6. The fraction of sp³-hybridized carbons (Fsp3) is 0.474. The van der Waals surface area contributed by atoms with E-state index < -0.39 is 0 Å². The minimum Gasteiger partial charge on any atom is -0.349 e. The van der Waals surface area contributed by atoms with E-state index in [9.17, 15) is 9.59 Å². The normalized spacial score (nSPS) is 22.9. The Balaban J connectivity index is 1.74. The highest BCUT2D eigenvalue weighted by Crippen LogP contribution is 2.59. The van der Waals surface area contributed by atoms with Crippen LogP contribution in [0, 0.1) is 17.3 Å². The lowest BCUT2D eigenvalue weighted by molar-refractivity contribution is -0.123. The van der Waals surface area contributed by atoms with Gasteiger partial charge >= 0.3 is 5.69 Å². The van der Waals surface area contributed by atoms with Crippen molar-refractivity contribution in [2.45, 2.75) is 40.7 Å². The third-order valence-corrected chi connectivity index (χ3v) is 5.10. The second kappa shape index (κ2) is 5.65. The molecule has 5 nitrogen and oxygen atoms in total. The molecule has 3 N–H and O–H groups in total. The van der Waals surface area contributed by atoms with Crippen LogP contribution in [0.15, 0.2) is 34.6 Å². The van der Waals surface area contributed by atoms with E-state index in [1.807, 2.05) is 25.1 Å². The summed E-state index contributed by atoms with van der Waals surface area (Å²) in [5, 5.41) is 3.12. The minimum absolute atomic E-state index is 0.0108. The Labute approximate surface area is 141 Å². The molecule has 1 aliphatic carbocycles. The van der Waals surface area contributed by atoms with Gasteiger partial charge in [-0.25, -0.2) is 4.79 Å². The van der Waals surface area contributed by atoms with E-state index in [0.717, 1.165) is 16.6 Å². The number of rotatable bonds is 4. The van der Waals surface area contributed by atoms with Gasteiger partial charge in [-0.15, -0.1) is 0 Å². The lowest BCUT2D eigenvalue weighted by atomic mass is 10.1. The van der Waals surface area contributed by atoms with Gasteiger partial charge in [0.15, 0.2) is 0 Å². The SMILES string of the molecule is CC(C)=C[C@@H]1[C@@H](C(=O)N[C@@H](C)c2ccc3[nH]c(=O)[nH]c3c2)C1(C)C. The van der Waals surface area contributed by atoms with E-state index in [1.54, 1.807) is 0 Å². The molecule has 1 aromatic carbocycles. The lowest BCUT2D eigenvalue weighted by Gasteiger charge is -2.15. The average molecular weight is 327 g/mol. The number of carbonyl (C=O) groups is 1. The van der Waals surface area contributed by atoms with Crippen LogP contribution in [0.5, 0.6) is 0 Å². The lowest BCUT2D eigenvalue weighted by Crippen LogP contribution is -2.29. The van der Waals surface area contributed by atoms with Crippen molar-refractivity contribution in [2.24, 2.45) is 17.3 Å². The third-order valence-electron chi connectivity index (χ3n) is 5.10. The summed E-state index contributed by atoms with van der Waals surface area (Å²) >= 11 is 0. The maximum absolute atomic E-state index is 12.7. The van der Waals surface area contributed by atoms with Gasteiger partial charge < -0.3 is 15.3 Å². The maximum Gasteiger partial charge on any atom is 0.323 e. The molecule has 1 aliphatic rings. The molecule has 1 aromatic heterocycles. The van der Waals surface area contributed by atoms with Gasteiger partial charge in [0.2, 0.25) is 5.91 Å². The monoisotopic (exact) mass is 327 g/mol. The molecule has 128 valence electrons. The van der Waals surface area contributed by atoms with E-state index in [-0.39, 0.29) is 29.0 Å². The molecule has 2 aromatic rings. The summed E-state index contributed by atoms with van der Waals surface area (Å²) in [6.45, 7) is 10.4. The van der Waals surface area contributed by atoms with E-state index in [1.165, 1.54) is 5.57 Å². The van der Waals surface area contributed by atoms with Crippen molar-refractivity contribution in [3.63, 3.8) is 0 Å². The first-order valence-electron chi connectivity index (χ1n) is 8.37. The molecule has 0 unspecified atom stereocenters. The summed E-state index contributed by atoms with van der Waals surface area (Å²) < 4.78 is 0. The first-order valence-corrected chi connectivity index (χ1v) is 8.37. The van der Waals surface area contributed by atoms with Gasteiger partial charge in [0, 0.05) is 0 Å². The Hall–Kier alpha value is -2.30. The van der Waals surface area contributed by atoms with Crippen LogP contribution in [0.2, 0.25) is 0 Å². The maximum atomic E-state index is 12.7. The zero-order valence-electron chi connectivity index (χ0n) is 14.9. The van der Waals surface area contributed by atoms with Crippen molar-refractivity contribution in [1.29, 1.82) is 0 Å². The van der Waals surface area contributed by atoms with Gasteiger partial charge in [-0.3, -0.25) is 4.79 Å². The molecule has 24 heavy (non-hydrogen) atoms. The van der Waals surface area contributed by atoms with Gasteiger partial charge in [0.1, 0.15) is 0 Å². The fourth-order valence-corrected chi connectivity index (χ4v) is 3.55. The number of amides is 1. The number of imidazole rings is 1. The summed E-state index contributed by atoms with van der Waals surface area (Å²) in [5.41, 5.74) is 3.54. The Morgan fingerprint density at radius 1 is 1.25 bits per heavy atom. The molecule has 0 spiro atoms. The molecule has 0 saturated heterocycles. The highest BCUT2D eigenvalue weighted by Gasteiger charge is 2.60. The summed E-state index contributed by atoms with van der Waals surface area (Å²) in [7, 11) is 0. The predicted octanol–water partition coefficient (Wildman–Crippen LogP) is 3.27. The van der Waals surface area contributed by atoms with Crippen LogP contribution < -0.4 is 11.0 Å². The number of aromatic nitrogens is 2. The first-order chi connectivity index (χ1) is 11.2. The van der Waals surface area contributed by atoms with Gasteiger partial charge in [-0.2, -0.15) is 0 Å². The minimum atomic E-state index is -0.219. The quantitative estimate of drug-likeness (QED) is 0.754. The van der Waals surface area contributed by atoms with Crippen molar-refractivity contribution in [3.05, 3.63) is 45.9 Å². The molecule has 3 rings (SSSR count). The Morgan fingerprint density at radius 3 is 2.58 bits per heavy atom. The van der Waals surface area contributed by atoms with E-state index in [0.29, 0.717) is 5.92 Å². The fourth-order valence-electron chi connectivity index (χ4n) is 3.55. The van der Waals surface area contributed by atoms with Crippen LogP contribution in [0.1, 0.15) is 46.2 Å². The molecule has 1 fully saturated rings. The smallest absolute Gasteiger partial charge is 0.323 e. The average Bonchev–Trinajstić information content (AvgIpc) is 2.83. The topological polar surface area (TPSA) is 77.8 Å². The number of nitrogens with one attached hydrogen (secondary N) is 3. The number of hydrogen-bond acceptors (Lipinski definition) is 2. The molecule has 5 heteroatoms. The van der Waals surface area contributed by atoms with Crippen LogP contribution in [0.25, 0.3) is 11.0 Å². The molecule has 1 heterocycles. The molecule has 0 radical (unpaired) electrons. The van der Waals surface area contributed by atoms with E-state index in [2.05, 4.69) is 49.1 Å². The molecule has 0 aliphatic heterocycles. The van der Waals surface area contributed by atoms with E-state index in [4.69, 9.17) is 0 Å². The number of carbonyl (C=O) groups excluding carboxylic acids is 1. The first kappa shape index (κ1) is 16.6. The Kier molecular flexibility index (Phi) is 3.90. The largest absolute Gasteiger partial charge is 0.349 e. The van der Waals surface area contributed by atoms with Crippen LogP contribution in [-0.4, -0.2) is 15.9 Å². The molecule has 1 amide bonds. The number of allylic oxidation sites excluding steroid dienone is 2. The second-order valence-electron chi connectivity index (χ2n) is 7.68. The van der Waals surface area contributed by atoms with Crippen molar-refractivity contribution in [1.82, 2.24) is 15.3 Å². The van der Waals surface area contributed by atoms with Gasteiger partial charge in [0.25, 0.3) is 0 Å². The molecule has 3 atom stereocenters. The van der Waals surface area contributed by atoms with Crippen LogP contribution in [0.4, 0.5) is 0 Å². The van der Waals surface area contributed by atoms with Crippen molar-refractivity contribution in [2.75, 3.05) is 0 Å². The van der Waals surface area contributed by atoms with Gasteiger partial charge in [-0.1, -0.05) is 31.6 Å². The number of aromatic amines is 2. The highest BCUT2D eigenvalue weighted by molar-refractivity contribution is 5.84.